The van der Waals surface area contributed by atoms with Gasteiger partial charge in [0.2, 0.25) is 0 Å². The first-order valence-corrected chi connectivity index (χ1v) is 7.66. The van der Waals surface area contributed by atoms with Crippen LogP contribution in [0.15, 0.2) is 28.7 Å². The van der Waals surface area contributed by atoms with E-state index in [0.29, 0.717) is 12.1 Å². The second-order valence-corrected chi connectivity index (χ2v) is 5.83. The van der Waals surface area contributed by atoms with Gasteiger partial charge < -0.3 is 10.1 Å². The molecule has 2 nitrogen and oxygen atoms in total. The third-order valence-electron chi connectivity index (χ3n) is 3.58. The SMILES string of the molecule is CC(NCCOC1CCCC1)c1ccccc1Br. The van der Waals surface area contributed by atoms with Gasteiger partial charge in [-0.05, 0) is 31.4 Å². The summed E-state index contributed by atoms with van der Waals surface area (Å²) in [6.45, 7) is 3.92. The Morgan fingerprint density at radius 3 is 2.78 bits per heavy atom. The lowest BCUT2D eigenvalue weighted by atomic mass is 10.1. The summed E-state index contributed by atoms with van der Waals surface area (Å²) in [5.41, 5.74) is 1.30. The topological polar surface area (TPSA) is 21.3 Å². The summed E-state index contributed by atoms with van der Waals surface area (Å²) in [6, 6.07) is 8.71. The van der Waals surface area contributed by atoms with Gasteiger partial charge in [0.1, 0.15) is 0 Å². The van der Waals surface area contributed by atoms with Gasteiger partial charge in [-0.15, -0.1) is 0 Å². The second kappa shape index (κ2) is 7.27. The summed E-state index contributed by atoms with van der Waals surface area (Å²) in [5.74, 6) is 0. The van der Waals surface area contributed by atoms with Crippen LogP contribution in [0.25, 0.3) is 0 Å². The lowest BCUT2D eigenvalue weighted by molar-refractivity contribution is 0.0593. The van der Waals surface area contributed by atoms with Crippen molar-refractivity contribution in [1.82, 2.24) is 5.32 Å². The zero-order chi connectivity index (χ0) is 12.8. The van der Waals surface area contributed by atoms with Gasteiger partial charge in [-0.1, -0.05) is 47.0 Å². The molecule has 1 N–H and O–H groups in total. The van der Waals surface area contributed by atoms with Crippen LogP contribution < -0.4 is 5.32 Å². The number of benzene rings is 1. The zero-order valence-electron chi connectivity index (χ0n) is 11.0. The van der Waals surface area contributed by atoms with E-state index in [1.54, 1.807) is 0 Å². The van der Waals surface area contributed by atoms with Gasteiger partial charge >= 0.3 is 0 Å². The van der Waals surface area contributed by atoms with E-state index in [2.05, 4.69) is 46.4 Å². The summed E-state index contributed by atoms with van der Waals surface area (Å²) >= 11 is 3.59. The smallest absolute Gasteiger partial charge is 0.0594 e. The van der Waals surface area contributed by atoms with Crippen LogP contribution in [0.1, 0.15) is 44.2 Å². The molecule has 18 heavy (non-hydrogen) atoms. The number of hydrogen-bond acceptors (Lipinski definition) is 2. The van der Waals surface area contributed by atoms with E-state index in [9.17, 15) is 0 Å². The Morgan fingerprint density at radius 2 is 2.06 bits per heavy atom. The number of hydrogen-bond donors (Lipinski definition) is 1. The van der Waals surface area contributed by atoms with Crippen molar-refractivity contribution in [2.45, 2.75) is 44.8 Å². The third-order valence-corrected chi connectivity index (χ3v) is 4.30. The number of nitrogens with one attached hydrogen (secondary N) is 1. The Labute approximate surface area is 118 Å². The summed E-state index contributed by atoms with van der Waals surface area (Å²) in [5, 5.41) is 3.51. The molecule has 0 aromatic heterocycles. The standard InChI is InChI=1S/C15H22BrNO/c1-12(14-8-4-5-9-15(14)16)17-10-11-18-13-6-2-3-7-13/h4-5,8-9,12-13,17H,2-3,6-7,10-11H2,1H3. The lowest BCUT2D eigenvalue weighted by Gasteiger charge is -2.17. The number of ether oxygens (including phenoxy) is 1. The van der Waals surface area contributed by atoms with Crippen LogP contribution in [0.2, 0.25) is 0 Å². The van der Waals surface area contributed by atoms with Crippen LogP contribution >= 0.6 is 15.9 Å². The van der Waals surface area contributed by atoms with E-state index < -0.39 is 0 Å². The van der Waals surface area contributed by atoms with Gasteiger partial charge in [0.25, 0.3) is 0 Å². The minimum absolute atomic E-state index is 0.354. The Morgan fingerprint density at radius 1 is 1.33 bits per heavy atom. The first kappa shape index (κ1) is 14.0. The largest absolute Gasteiger partial charge is 0.377 e. The van der Waals surface area contributed by atoms with Crippen LogP contribution in [0.5, 0.6) is 0 Å². The molecule has 1 atom stereocenters. The predicted octanol–water partition coefficient (Wildman–Crippen LogP) is 4.06. The van der Waals surface area contributed by atoms with Crippen molar-refractivity contribution < 1.29 is 4.74 Å². The van der Waals surface area contributed by atoms with E-state index >= 15 is 0 Å². The molecule has 1 fully saturated rings. The fourth-order valence-corrected chi connectivity index (χ4v) is 3.12. The minimum atomic E-state index is 0.354. The summed E-state index contributed by atoms with van der Waals surface area (Å²) in [4.78, 5) is 0. The maximum atomic E-state index is 5.85. The van der Waals surface area contributed by atoms with E-state index in [4.69, 9.17) is 4.74 Å². The van der Waals surface area contributed by atoms with Crippen molar-refractivity contribution in [3.05, 3.63) is 34.3 Å². The molecule has 0 heterocycles. The van der Waals surface area contributed by atoms with Gasteiger partial charge in [-0.3, -0.25) is 0 Å². The molecule has 1 saturated carbocycles. The van der Waals surface area contributed by atoms with Gasteiger partial charge in [0.15, 0.2) is 0 Å². The highest BCUT2D eigenvalue weighted by Gasteiger charge is 2.15. The Balaban J connectivity index is 1.68. The highest BCUT2D eigenvalue weighted by atomic mass is 79.9. The van der Waals surface area contributed by atoms with Gasteiger partial charge in [0.05, 0.1) is 12.7 Å². The summed E-state index contributed by atoms with van der Waals surface area (Å²) in [7, 11) is 0. The molecule has 0 radical (unpaired) electrons. The molecular weight excluding hydrogens is 290 g/mol. The zero-order valence-corrected chi connectivity index (χ0v) is 12.6. The molecule has 100 valence electrons. The van der Waals surface area contributed by atoms with Crippen molar-refractivity contribution in [2.75, 3.05) is 13.2 Å². The normalized spacial score (nSPS) is 18.1. The average Bonchev–Trinajstić information content (AvgIpc) is 2.88. The molecular formula is C15H22BrNO. The highest BCUT2D eigenvalue weighted by molar-refractivity contribution is 9.10. The van der Waals surface area contributed by atoms with Gasteiger partial charge in [-0.25, -0.2) is 0 Å². The Bertz CT molecular complexity index is 363. The third kappa shape index (κ3) is 4.08. The van der Waals surface area contributed by atoms with Crippen LogP contribution in [0.4, 0.5) is 0 Å². The second-order valence-electron chi connectivity index (χ2n) is 4.97. The maximum absolute atomic E-state index is 5.85. The van der Waals surface area contributed by atoms with E-state index in [1.165, 1.54) is 35.7 Å². The monoisotopic (exact) mass is 311 g/mol. The van der Waals surface area contributed by atoms with Crippen LogP contribution in [-0.2, 0) is 4.74 Å². The molecule has 0 spiro atoms. The van der Waals surface area contributed by atoms with Crippen molar-refractivity contribution in [3.63, 3.8) is 0 Å². The maximum Gasteiger partial charge on any atom is 0.0594 e. The minimum Gasteiger partial charge on any atom is -0.377 e. The van der Waals surface area contributed by atoms with Crippen molar-refractivity contribution in [3.8, 4) is 0 Å². The van der Waals surface area contributed by atoms with Crippen LogP contribution in [0.3, 0.4) is 0 Å². The summed E-state index contributed by atoms with van der Waals surface area (Å²) < 4.78 is 7.01. The molecule has 1 aliphatic rings. The Kier molecular flexibility index (Phi) is 5.67. The van der Waals surface area contributed by atoms with Crippen molar-refractivity contribution in [2.24, 2.45) is 0 Å². The van der Waals surface area contributed by atoms with Gasteiger partial charge in [-0.2, -0.15) is 0 Å². The van der Waals surface area contributed by atoms with E-state index in [0.717, 1.165) is 13.2 Å². The molecule has 3 heteroatoms. The first-order valence-electron chi connectivity index (χ1n) is 6.87. The highest BCUT2D eigenvalue weighted by Crippen LogP contribution is 2.23. The van der Waals surface area contributed by atoms with Crippen molar-refractivity contribution in [1.29, 1.82) is 0 Å². The number of rotatable bonds is 6. The quantitative estimate of drug-likeness (QED) is 0.800. The fraction of sp³-hybridized carbons (Fsp3) is 0.600. The fourth-order valence-electron chi connectivity index (χ4n) is 2.49. The molecule has 0 saturated heterocycles. The molecule has 1 aliphatic carbocycles. The van der Waals surface area contributed by atoms with E-state index in [1.807, 2.05) is 6.07 Å². The molecule has 0 bridgehead atoms. The predicted molar refractivity (Wildman–Crippen MR) is 78.8 cm³/mol. The van der Waals surface area contributed by atoms with Crippen molar-refractivity contribution >= 4 is 15.9 Å². The average molecular weight is 312 g/mol. The number of halogens is 1. The van der Waals surface area contributed by atoms with Crippen LogP contribution in [-0.4, -0.2) is 19.3 Å². The van der Waals surface area contributed by atoms with Gasteiger partial charge in [0, 0.05) is 17.1 Å². The molecule has 0 amide bonds. The Hall–Kier alpha value is -0.380. The van der Waals surface area contributed by atoms with Crippen LogP contribution in [0, 0.1) is 0 Å². The first-order chi connectivity index (χ1) is 8.77. The summed E-state index contributed by atoms with van der Waals surface area (Å²) in [6.07, 6.45) is 5.70. The molecule has 1 aromatic rings. The molecule has 1 unspecified atom stereocenters. The lowest BCUT2D eigenvalue weighted by Crippen LogP contribution is -2.25. The van der Waals surface area contributed by atoms with E-state index in [-0.39, 0.29) is 0 Å². The molecule has 2 rings (SSSR count). The molecule has 0 aliphatic heterocycles. The molecule has 1 aromatic carbocycles.